The van der Waals surface area contributed by atoms with E-state index in [4.69, 9.17) is 33.2 Å². The lowest BCUT2D eigenvalue weighted by molar-refractivity contribution is -0.321. The second-order valence-electron chi connectivity index (χ2n) is 17.3. The van der Waals surface area contributed by atoms with Crippen LogP contribution in [0.1, 0.15) is 62.3 Å². The van der Waals surface area contributed by atoms with Gasteiger partial charge in [-0.1, -0.05) is 43.0 Å². The number of piperidine rings is 1. The molecule has 6 saturated carbocycles. The third kappa shape index (κ3) is 5.66. The van der Waals surface area contributed by atoms with Crippen LogP contribution in [0.4, 0.5) is 0 Å². The normalized spacial score (nSPS) is 39.6. The lowest BCUT2D eigenvalue weighted by atomic mass is 9.36. The number of nitrogens with zero attached hydrogens (tertiary/aromatic N) is 1. The van der Waals surface area contributed by atoms with E-state index in [2.05, 4.69) is 6.58 Å². The van der Waals surface area contributed by atoms with Crippen LogP contribution in [0.3, 0.4) is 0 Å². The number of fused-ring (bicyclic) bond motifs is 1. The van der Waals surface area contributed by atoms with Crippen LogP contribution in [0.5, 0.6) is 0 Å². The summed E-state index contributed by atoms with van der Waals surface area (Å²) in [5.74, 6) is -9.91. The van der Waals surface area contributed by atoms with Crippen LogP contribution in [-0.4, -0.2) is 115 Å². The molecule has 6 aliphatic carbocycles. The maximum Gasteiger partial charge on any atom is 0.338 e. The summed E-state index contributed by atoms with van der Waals surface area (Å²) in [4.78, 5) is 111. The maximum absolute atomic E-state index is 14.2. The Morgan fingerprint density at radius 1 is 0.590 bits per heavy atom. The predicted octanol–water partition coefficient (Wildman–Crippen LogP) is 3.05. The van der Waals surface area contributed by atoms with E-state index in [1.807, 2.05) is 4.90 Å². The fraction of sp³-hybridized carbons (Fsp3) is 0.511. The van der Waals surface area contributed by atoms with Gasteiger partial charge in [0, 0.05) is 63.8 Å². The number of ether oxygens (including phenoxy) is 7. The van der Waals surface area contributed by atoms with E-state index in [-0.39, 0.29) is 16.7 Å². The van der Waals surface area contributed by atoms with Crippen molar-refractivity contribution in [2.45, 2.75) is 96.4 Å². The highest BCUT2D eigenvalue weighted by Crippen LogP contribution is 2.86. The van der Waals surface area contributed by atoms with Crippen LogP contribution in [-0.2, 0) is 61.9 Å². The van der Waals surface area contributed by atoms with Crippen LogP contribution in [0.25, 0.3) is 0 Å². The van der Waals surface area contributed by atoms with Gasteiger partial charge in [0.1, 0.15) is 30.7 Å². The Morgan fingerprint density at radius 3 is 1.56 bits per heavy atom. The molecule has 61 heavy (non-hydrogen) atoms. The third-order valence-corrected chi connectivity index (χ3v) is 14.3. The Labute approximate surface area is 351 Å². The average molecular weight is 842 g/mol. The molecule has 8 aliphatic rings. The number of hydrogen-bond acceptors (Lipinski definition) is 16. The van der Waals surface area contributed by atoms with Gasteiger partial charge < -0.3 is 38.0 Å². The molecule has 2 aromatic rings. The summed E-state index contributed by atoms with van der Waals surface area (Å²) < 4.78 is 44.3. The van der Waals surface area contributed by atoms with Crippen molar-refractivity contribution in [1.82, 2.24) is 4.90 Å². The summed E-state index contributed by atoms with van der Waals surface area (Å²) in [6.07, 6.45) is -9.44. The van der Waals surface area contributed by atoms with Crippen molar-refractivity contribution in [2.24, 2.45) is 39.9 Å². The third-order valence-electron chi connectivity index (χ3n) is 14.3. The van der Waals surface area contributed by atoms with E-state index in [0.29, 0.717) is 6.29 Å². The first-order valence-corrected chi connectivity index (χ1v) is 20.1. The first kappa shape index (κ1) is 41.8. The second-order valence-corrected chi connectivity index (χ2v) is 17.3. The van der Waals surface area contributed by atoms with Gasteiger partial charge in [0.25, 0.3) is 0 Å². The minimum atomic E-state index is -1.83. The molecule has 2 spiro atoms. The zero-order chi connectivity index (χ0) is 44.1. The summed E-state index contributed by atoms with van der Waals surface area (Å²) in [6.45, 7) is 11.8. The van der Waals surface area contributed by atoms with Crippen molar-refractivity contribution in [2.75, 3.05) is 7.05 Å². The van der Waals surface area contributed by atoms with Crippen LogP contribution in [0.2, 0.25) is 0 Å². The second kappa shape index (κ2) is 14.6. The van der Waals surface area contributed by atoms with E-state index >= 15 is 0 Å². The van der Waals surface area contributed by atoms with Gasteiger partial charge in [0.2, 0.25) is 0 Å². The molecular formula is C45H47NO15. The van der Waals surface area contributed by atoms with Crippen LogP contribution < -0.4 is 0 Å². The first-order chi connectivity index (χ1) is 28.9. The van der Waals surface area contributed by atoms with Crippen molar-refractivity contribution in [3.05, 3.63) is 83.9 Å². The number of esters is 7. The number of carbonyl (C=O) groups excluding carboxylic acids is 8. The van der Waals surface area contributed by atoms with Gasteiger partial charge in [-0.3, -0.25) is 28.9 Å². The molecule has 16 nitrogen and oxygen atoms in total. The van der Waals surface area contributed by atoms with Crippen LogP contribution in [0, 0.1) is 39.9 Å². The topological polar surface area (TPSA) is 204 Å². The smallest absolute Gasteiger partial charge is 0.338 e. The highest BCUT2D eigenvalue weighted by Gasteiger charge is 2.97. The van der Waals surface area contributed by atoms with Gasteiger partial charge in [-0.2, -0.15) is 0 Å². The summed E-state index contributed by atoms with van der Waals surface area (Å²) in [6, 6.07) is 14.1. The minimum Gasteiger partial charge on any atom is -0.461 e. The molecule has 2 aromatic carbocycles. The summed E-state index contributed by atoms with van der Waals surface area (Å²) in [5, 5.41) is 0. The Hall–Kier alpha value is -5.90. The van der Waals surface area contributed by atoms with E-state index in [1.54, 1.807) is 55.6 Å². The molecule has 16 heteroatoms. The lowest BCUT2D eigenvalue weighted by Gasteiger charge is -2.71. The number of aldehydes is 1. The molecule has 322 valence electrons. The molecule has 2 aliphatic heterocycles. The highest BCUT2D eigenvalue weighted by molar-refractivity contribution is 5.90. The first-order valence-electron chi connectivity index (χ1n) is 20.1. The fourth-order valence-electron chi connectivity index (χ4n) is 13.3. The van der Waals surface area contributed by atoms with E-state index in [0.717, 1.165) is 13.8 Å². The van der Waals surface area contributed by atoms with Crippen LogP contribution in [0.15, 0.2) is 72.8 Å². The Bertz CT molecular complexity index is 2230. The van der Waals surface area contributed by atoms with Gasteiger partial charge in [-0.05, 0) is 43.8 Å². The molecule has 16 unspecified atom stereocenters. The number of hydrogen-bond donors (Lipinski definition) is 0. The molecule has 2 saturated heterocycles. The number of benzene rings is 2. The van der Waals surface area contributed by atoms with E-state index < -0.39 is 137 Å². The van der Waals surface area contributed by atoms with Gasteiger partial charge in [0.05, 0.1) is 33.9 Å². The van der Waals surface area contributed by atoms with Gasteiger partial charge in [-0.25, -0.2) is 9.59 Å². The molecule has 0 aromatic heterocycles. The molecular weight excluding hydrogens is 794 g/mol. The molecule has 0 radical (unpaired) electrons. The van der Waals surface area contributed by atoms with Crippen molar-refractivity contribution < 1.29 is 71.5 Å². The standard InChI is InChI=1S/C45H47NO15/c1-20-28-31(60-41(53)26-15-11-9-12-16-26)29-36-45-34(30(46(36)8)38(57-23(4)50)44(29,37(20)56-22(3)49)35(45)32(28)55-21(2)48)43(7,19-47)39(58-24(5)51)33(40(45)59-25(6)52)61-42(54)27-17-13-10-14-18-27/h9-19,28-40H,1H2,2-8H3. The minimum absolute atomic E-state index is 0.0932. The zero-order valence-electron chi connectivity index (χ0n) is 34.6. The summed E-state index contributed by atoms with van der Waals surface area (Å²) in [5.41, 5.74) is -4.65. The summed E-state index contributed by atoms with van der Waals surface area (Å²) in [7, 11) is 1.72. The molecule has 7 bridgehead atoms. The molecule has 2 heterocycles. The monoisotopic (exact) mass is 841 g/mol. The van der Waals surface area contributed by atoms with Crippen molar-refractivity contribution >= 4 is 48.1 Å². The average Bonchev–Trinajstić information content (AvgIpc) is 3.52. The van der Waals surface area contributed by atoms with Gasteiger partial charge in [0.15, 0.2) is 18.3 Å². The van der Waals surface area contributed by atoms with E-state index in [9.17, 15) is 38.4 Å². The van der Waals surface area contributed by atoms with E-state index in [1.165, 1.54) is 39.8 Å². The van der Waals surface area contributed by atoms with Gasteiger partial charge in [-0.15, -0.1) is 0 Å². The fourth-order valence-corrected chi connectivity index (χ4v) is 13.3. The van der Waals surface area contributed by atoms with Crippen molar-refractivity contribution in [3.63, 3.8) is 0 Å². The largest absolute Gasteiger partial charge is 0.461 e. The molecule has 0 N–H and O–H groups in total. The number of rotatable bonds is 10. The molecule has 10 rings (SSSR count). The Kier molecular flexibility index (Phi) is 10.0. The maximum atomic E-state index is 14.2. The number of carbonyl (C=O) groups is 8. The molecule has 8 fully saturated rings. The quantitative estimate of drug-likeness (QED) is 0.146. The van der Waals surface area contributed by atoms with Crippen molar-refractivity contribution in [3.8, 4) is 0 Å². The summed E-state index contributed by atoms with van der Waals surface area (Å²) >= 11 is 0. The Balaban J connectivity index is 1.48. The molecule has 16 atom stereocenters. The van der Waals surface area contributed by atoms with Crippen LogP contribution >= 0.6 is 0 Å². The Morgan fingerprint density at radius 2 is 1.07 bits per heavy atom. The van der Waals surface area contributed by atoms with Crippen molar-refractivity contribution in [1.29, 1.82) is 0 Å². The molecule has 0 amide bonds. The SMILES string of the molecule is C=C1C2C(OC(=O)c3ccccc3)C3C4N(C)C5C(OC(C)=O)C3(C1OC(C)=O)C(C2OC(C)=O)C41C(OC(C)=O)C(OC(=O)c2ccccc2)C(OC(C)=O)C(C)(C=O)C51. The predicted molar refractivity (Wildman–Crippen MR) is 207 cm³/mol. The van der Waals surface area contributed by atoms with Gasteiger partial charge >= 0.3 is 41.8 Å². The lowest BCUT2D eigenvalue weighted by Crippen LogP contribution is -2.83. The highest BCUT2D eigenvalue weighted by atomic mass is 16.6. The zero-order valence-corrected chi connectivity index (χ0v) is 34.6. The number of likely N-dealkylation sites (N-methyl/N-ethyl adjacent to an activating group) is 1.